The molecule has 2 heterocycles. The zero-order chi connectivity index (χ0) is 19.6. The molecule has 5 nitrogen and oxygen atoms in total. The minimum atomic E-state index is -4.37. The van der Waals surface area contributed by atoms with Crippen LogP contribution in [0, 0.1) is 11.6 Å². The molecule has 0 N–H and O–H groups in total. The lowest BCUT2D eigenvalue weighted by Crippen LogP contribution is -2.39. The number of hydrogen-bond donors (Lipinski definition) is 0. The number of rotatable bonds is 5. The van der Waals surface area contributed by atoms with Crippen LogP contribution in [0.1, 0.15) is 30.1 Å². The summed E-state index contributed by atoms with van der Waals surface area (Å²) in [6.45, 7) is 0.527. The van der Waals surface area contributed by atoms with Crippen LogP contribution in [-0.2, 0) is 30.7 Å². The van der Waals surface area contributed by atoms with Crippen LogP contribution in [0.4, 0.5) is 22.0 Å². The molecule has 27 heavy (non-hydrogen) atoms. The van der Waals surface area contributed by atoms with Gasteiger partial charge < -0.3 is 9.47 Å². The van der Waals surface area contributed by atoms with Gasteiger partial charge >= 0.3 is 6.18 Å². The third-order valence-electron chi connectivity index (χ3n) is 4.39. The highest BCUT2D eigenvalue weighted by atomic mass is 19.4. The topological polar surface area (TPSA) is 51.0 Å². The number of benzene rings is 1. The Hall–Kier alpha value is -2.52. The molecule has 1 amide bonds. The van der Waals surface area contributed by atoms with Gasteiger partial charge in [-0.2, -0.15) is 13.2 Å². The van der Waals surface area contributed by atoms with E-state index in [4.69, 9.17) is 0 Å². The van der Waals surface area contributed by atoms with E-state index in [1.165, 1.54) is 9.47 Å². The Bertz CT molecular complexity index is 833. The largest absolute Gasteiger partial charge is 0.396 e. The molecule has 10 heteroatoms. The molecule has 2 aromatic rings. The van der Waals surface area contributed by atoms with Gasteiger partial charge in [-0.05, 0) is 36.6 Å². The summed E-state index contributed by atoms with van der Waals surface area (Å²) >= 11 is 0. The molecule has 0 saturated heterocycles. The Morgan fingerprint density at radius 2 is 1.93 bits per heavy atom. The number of alkyl halides is 3. The minimum Gasteiger partial charge on any atom is -0.333 e. The normalized spacial score (nSPS) is 14.3. The van der Waals surface area contributed by atoms with Gasteiger partial charge in [0.25, 0.3) is 0 Å². The maximum Gasteiger partial charge on any atom is 0.396 e. The molecule has 1 aliphatic heterocycles. The third-order valence-corrected chi connectivity index (χ3v) is 4.39. The van der Waals surface area contributed by atoms with Crippen molar-refractivity contribution in [3.63, 3.8) is 0 Å². The molecule has 0 unspecified atom stereocenters. The van der Waals surface area contributed by atoms with Gasteiger partial charge in [0.05, 0.1) is 6.54 Å². The van der Waals surface area contributed by atoms with Crippen molar-refractivity contribution in [3.05, 3.63) is 47.0 Å². The number of nitrogens with zero attached hydrogens (tertiary/aromatic N) is 4. The number of aryl methyl sites for hydroxylation is 1. The highest BCUT2D eigenvalue weighted by molar-refractivity contribution is 5.76. The summed E-state index contributed by atoms with van der Waals surface area (Å²) in [4.78, 5) is 13.8. The van der Waals surface area contributed by atoms with Gasteiger partial charge in [0.2, 0.25) is 5.91 Å². The van der Waals surface area contributed by atoms with E-state index in [2.05, 4.69) is 10.2 Å². The van der Waals surface area contributed by atoms with Crippen LogP contribution < -0.4 is 0 Å². The van der Waals surface area contributed by atoms with E-state index < -0.39 is 24.2 Å². The molecule has 1 aliphatic rings. The van der Waals surface area contributed by atoms with Gasteiger partial charge in [-0.25, -0.2) is 8.78 Å². The van der Waals surface area contributed by atoms with Crippen molar-refractivity contribution in [1.82, 2.24) is 19.7 Å². The molecular weight excluding hydrogens is 371 g/mol. The molecule has 0 radical (unpaired) electrons. The number of carbonyl (C=O) groups excluding carboxylic acids is 1. The Balaban J connectivity index is 1.54. The number of fused-ring (bicyclic) bond motifs is 1. The summed E-state index contributed by atoms with van der Waals surface area (Å²) < 4.78 is 65.7. The molecule has 0 aliphatic carbocycles. The average molecular weight is 388 g/mol. The first-order chi connectivity index (χ1) is 12.7. The summed E-state index contributed by atoms with van der Waals surface area (Å²) in [5, 5.41) is 7.33. The number of halogens is 5. The van der Waals surface area contributed by atoms with E-state index in [-0.39, 0.29) is 49.8 Å². The fraction of sp³-hybridized carbons (Fsp3) is 0.471. The van der Waals surface area contributed by atoms with Crippen LogP contribution in [-0.4, -0.2) is 38.3 Å². The zero-order valence-electron chi connectivity index (χ0n) is 14.3. The summed E-state index contributed by atoms with van der Waals surface area (Å²) in [7, 11) is 0. The lowest BCUT2D eigenvalue weighted by Gasteiger charge is -2.28. The number of hydrogen-bond acceptors (Lipinski definition) is 3. The van der Waals surface area contributed by atoms with Gasteiger partial charge in [0.1, 0.15) is 23.9 Å². The lowest BCUT2D eigenvalue weighted by molar-refractivity contribution is -0.133. The Morgan fingerprint density at radius 1 is 1.15 bits per heavy atom. The lowest BCUT2D eigenvalue weighted by atomic mass is 10.1. The van der Waals surface area contributed by atoms with Crippen LogP contribution in [0.15, 0.2) is 18.2 Å². The standard InChI is InChI=1S/C17H17F5N4O/c18-12-4-5-13(19)11(8-12)2-1-3-16(27)25-6-7-26-14(9-17(20,21)22)23-24-15(26)10-25/h4-5,8H,1-3,6-7,9-10H2. The summed E-state index contributed by atoms with van der Waals surface area (Å²) in [6.07, 6.45) is -4.85. The van der Waals surface area contributed by atoms with Crippen molar-refractivity contribution in [2.24, 2.45) is 0 Å². The first-order valence-electron chi connectivity index (χ1n) is 8.42. The molecule has 0 bridgehead atoms. The van der Waals surface area contributed by atoms with E-state index in [0.717, 1.165) is 18.2 Å². The Labute approximate surface area is 151 Å². The van der Waals surface area contributed by atoms with Crippen LogP contribution in [0.3, 0.4) is 0 Å². The maximum atomic E-state index is 13.6. The second kappa shape index (κ2) is 7.61. The van der Waals surface area contributed by atoms with E-state index in [1.54, 1.807) is 0 Å². The zero-order valence-corrected chi connectivity index (χ0v) is 14.3. The maximum absolute atomic E-state index is 13.6. The molecule has 1 aromatic carbocycles. The fourth-order valence-corrected chi connectivity index (χ4v) is 3.06. The van der Waals surface area contributed by atoms with Crippen molar-refractivity contribution in [2.75, 3.05) is 6.54 Å². The number of aromatic nitrogens is 3. The first kappa shape index (κ1) is 19.2. The van der Waals surface area contributed by atoms with Gasteiger partial charge in [-0.15, -0.1) is 10.2 Å². The van der Waals surface area contributed by atoms with E-state index in [9.17, 15) is 26.7 Å². The molecule has 0 fully saturated rings. The van der Waals surface area contributed by atoms with Gasteiger partial charge in [-0.1, -0.05) is 0 Å². The molecule has 3 rings (SSSR count). The first-order valence-corrected chi connectivity index (χ1v) is 8.42. The predicted octanol–water partition coefficient (Wildman–Crippen LogP) is 3.03. The molecular formula is C17H17F5N4O. The van der Waals surface area contributed by atoms with Crippen molar-refractivity contribution in [2.45, 2.75) is 44.9 Å². The van der Waals surface area contributed by atoms with Gasteiger partial charge in [0, 0.05) is 19.5 Å². The fourth-order valence-electron chi connectivity index (χ4n) is 3.06. The second-order valence-electron chi connectivity index (χ2n) is 6.38. The SMILES string of the molecule is O=C(CCCc1cc(F)ccc1F)N1CCn2c(nnc2CC(F)(F)F)C1. The summed E-state index contributed by atoms with van der Waals surface area (Å²) in [5.41, 5.74) is 0.206. The summed E-state index contributed by atoms with van der Waals surface area (Å²) in [5.74, 6) is -1.12. The van der Waals surface area contributed by atoms with Gasteiger partial charge in [0.15, 0.2) is 5.82 Å². The Morgan fingerprint density at radius 3 is 2.67 bits per heavy atom. The average Bonchev–Trinajstić information content (AvgIpc) is 2.98. The molecule has 0 atom stereocenters. The van der Waals surface area contributed by atoms with E-state index >= 15 is 0 Å². The highest BCUT2D eigenvalue weighted by Gasteiger charge is 2.33. The smallest absolute Gasteiger partial charge is 0.333 e. The van der Waals surface area contributed by atoms with Gasteiger partial charge in [-0.3, -0.25) is 4.79 Å². The molecule has 1 aromatic heterocycles. The molecule has 146 valence electrons. The number of amides is 1. The second-order valence-corrected chi connectivity index (χ2v) is 6.38. The Kier molecular flexibility index (Phi) is 5.43. The van der Waals surface area contributed by atoms with Crippen LogP contribution >= 0.6 is 0 Å². The number of carbonyl (C=O) groups is 1. The van der Waals surface area contributed by atoms with Crippen molar-refractivity contribution < 1.29 is 26.7 Å². The predicted molar refractivity (Wildman–Crippen MR) is 84.5 cm³/mol. The van der Waals surface area contributed by atoms with Crippen LogP contribution in [0.2, 0.25) is 0 Å². The van der Waals surface area contributed by atoms with E-state index in [0.29, 0.717) is 12.2 Å². The highest BCUT2D eigenvalue weighted by Crippen LogP contribution is 2.22. The van der Waals surface area contributed by atoms with Crippen LogP contribution in [0.5, 0.6) is 0 Å². The third kappa shape index (κ3) is 4.81. The van der Waals surface area contributed by atoms with Crippen molar-refractivity contribution in [3.8, 4) is 0 Å². The molecule has 0 saturated carbocycles. The molecule has 0 spiro atoms. The van der Waals surface area contributed by atoms with Crippen molar-refractivity contribution >= 4 is 5.91 Å². The minimum absolute atomic E-state index is 0.0814. The monoisotopic (exact) mass is 388 g/mol. The summed E-state index contributed by atoms with van der Waals surface area (Å²) in [6, 6.07) is 3.18. The van der Waals surface area contributed by atoms with E-state index in [1.807, 2.05) is 0 Å². The van der Waals surface area contributed by atoms with Crippen molar-refractivity contribution in [1.29, 1.82) is 0 Å². The van der Waals surface area contributed by atoms with Crippen LogP contribution in [0.25, 0.3) is 0 Å². The quantitative estimate of drug-likeness (QED) is 0.740.